The molecule has 2 N–H and O–H groups in total. The molecule has 0 aliphatic heterocycles. The third kappa shape index (κ3) is 4.13. The number of carbonyl (C=O) groups is 1. The molecular weight excluding hydrogens is 352 g/mol. The standard InChI is InChI=1S/C18H26N4O3S/c1-11-12(2)14(4)18(15(5)13(11)3)26(24,25)19-9-7-17(23)20-16-8-10-22(6)21-16/h8,10,19H,7,9H2,1-6H3,(H,20,21,23). The van der Waals surface area contributed by atoms with Gasteiger partial charge in [-0.1, -0.05) is 0 Å². The highest BCUT2D eigenvalue weighted by Crippen LogP contribution is 2.29. The molecule has 2 rings (SSSR count). The Kier molecular flexibility index (Phi) is 5.87. The summed E-state index contributed by atoms with van der Waals surface area (Å²) in [5, 5.41) is 6.68. The summed E-state index contributed by atoms with van der Waals surface area (Å²) in [5.41, 5.74) is 4.54. The molecule has 1 aromatic carbocycles. The number of hydrogen-bond acceptors (Lipinski definition) is 4. The summed E-state index contributed by atoms with van der Waals surface area (Å²) in [6, 6.07) is 1.67. The largest absolute Gasteiger partial charge is 0.309 e. The lowest BCUT2D eigenvalue weighted by Crippen LogP contribution is -2.29. The van der Waals surface area contributed by atoms with Gasteiger partial charge in [-0.3, -0.25) is 9.48 Å². The summed E-state index contributed by atoms with van der Waals surface area (Å²) in [4.78, 5) is 12.2. The molecule has 8 heteroatoms. The van der Waals surface area contributed by atoms with E-state index in [2.05, 4.69) is 15.1 Å². The second-order valence-electron chi connectivity index (χ2n) is 6.52. The van der Waals surface area contributed by atoms with Gasteiger partial charge < -0.3 is 5.32 Å². The van der Waals surface area contributed by atoms with Crippen molar-refractivity contribution in [3.05, 3.63) is 40.1 Å². The fourth-order valence-electron chi connectivity index (χ4n) is 2.93. The van der Waals surface area contributed by atoms with E-state index >= 15 is 0 Å². The third-order valence-electron chi connectivity index (χ3n) is 4.83. The van der Waals surface area contributed by atoms with E-state index in [9.17, 15) is 13.2 Å². The molecule has 1 heterocycles. The van der Waals surface area contributed by atoms with E-state index in [1.54, 1.807) is 24.0 Å². The number of benzene rings is 1. The number of carbonyl (C=O) groups excluding carboxylic acids is 1. The van der Waals surface area contributed by atoms with Crippen LogP contribution >= 0.6 is 0 Å². The topological polar surface area (TPSA) is 93.1 Å². The summed E-state index contributed by atoms with van der Waals surface area (Å²) < 4.78 is 29.7. The zero-order valence-corrected chi connectivity index (χ0v) is 16.9. The van der Waals surface area contributed by atoms with E-state index < -0.39 is 10.0 Å². The summed E-state index contributed by atoms with van der Waals surface area (Å²) >= 11 is 0. The molecule has 26 heavy (non-hydrogen) atoms. The quantitative estimate of drug-likeness (QED) is 0.806. The Morgan fingerprint density at radius 3 is 2.08 bits per heavy atom. The molecule has 1 amide bonds. The Morgan fingerprint density at radius 1 is 1.04 bits per heavy atom. The van der Waals surface area contributed by atoms with E-state index in [1.165, 1.54) is 0 Å². The number of nitrogens with zero attached hydrogens (tertiary/aromatic N) is 2. The molecule has 0 saturated heterocycles. The van der Waals surface area contributed by atoms with Crippen LogP contribution in [0.25, 0.3) is 0 Å². The van der Waals surface area contributed by atoms with Crippen molar-refractivity contribution in [3.63, 3.8) is 0 Å². The lowest BCUT2D eigenvalue weighted by atomic mass is 9.95. The van der Waals surface area contributed by atoms with Crippen LogP contribution < -0.4 is 10.0 Å². The highest BCUT2D eigenvalue weighted by Gasteiger charge is 2.23. The predicted molar refractivity (Wildman–Crippen MR) is 102 cm³/mol. The van der Waals surface area contributed by atoms with Crippen molar-refractivity contribution in [2.24, 2.45) is 7.05 Å². The molecule has 0 saturated carbocycles. The van der Waals surface area contributed by atoms with Crippen LogP contribution in [-0.2, 0) is 21.9 Å². The molecule has 1 aromatic heterocycles. The smallest absolute Gasteiger partial charge is 0.241 e. The first-order valence-electron chi connectivity index (χ1n) is 8.40. The molecule has 0 unspecified atom stereocenters. The Labute approximate surface area is 154 Å². The second-order valence-corrected chi connectivity index (χ2v) is 8.23. The van der Waals surface area contributed by atoms with Crippen LogP contribution in [0.2, 0.25) is 0 Å². The van der Waals surface area contributed by atoms with Crippen LogP contribution in [-0.4, -0.2) is 30.7 Å². The second kappa shape index (κ2) is 7.59. The van der Waals surface area contributed by atoms with E-state index in [4.69, 9.17) is 0 Å². The molecule has 0 bridgehead atoms. The number of anilines is 1. The zero-order chi connectivity index (χ0) is 19.6. The fraction of sp³-hybridized carbons (Fsp3) is 0.444. The van der Waals surface area contributed by atoms with Crippen molar-refractivity contribution in [2.75, 3.05) is 11.9 Å². The van der Waals surface area contributed by atoms with Gasteiger partial charge in [-0.15, -0.1) is 0 Å². The maximum absolute atomic E-state index is 12.8. The minimum atomic E-state index is -3.70. The molecule has 142 valence electrons. The van der Waals surface area contributed by atoms with E-state index in [1.807, 2.05) is 34.6 Å². The molecule has 0 aliphatic carbocycles. The molecule has 0 atom stereocenters. The summed E-state index contributed by atoms with van der Waals surface area (Å²) in [6.07, 6.45) is 1.74. The number of rotatable bonds is 6. The summed E-state index contributed by atoms with van der Waals surface area (Å²) in [6.45, 7) is 9.50. The number of amides is 1. The van der Waals surface area contributed by atoms with Crippen molar-refractivity contribution in [1.82, 2.24) is 14.5 Å². The van der Waals surface area contributed by atoms with Gasteiger partial charge in [0.05, 0.1) is 4.90 Å². The number of aromatic nitrogens is 2. The zero-order valence-electron chi connectivity index (χ0n) is 16.1. The minimum absolute atomic E-state index is 0.0197. The molecular formula is C18H26N4O3S. The summed E-state index contributed by atoms with van der Waals surface area (Å²) in [7, 11) is -1.95. The Hall–Kier alpha value is -2.19. The third-order valence-corrected chi connectivity index (χ3v) is 6.56. The van der Waals surface area contributed by atoms with Crippen molar-refractivity contribution in [1.29, 1.82) is 0 Å². The van der Waals surface area contributed by atoms with Gasteiger partial charge in [-0.05, 0) is 62.4 Å². The molecule has 0 spiro atoms. The monoisotopic (exact) mass is 378 g/mol. The molecule has 0 fully saturated rings. The molecule has 2 aromatic rings. The van der Waals surface area contributed by atoms with Crippen LogP contribution in [0.15, 0.2) is 17.2 Å². The van der Waals surface area contributed by atoms with Crippen LogP contribution in [0.1, 0.15) is 34.2 Å². The van der Waals surface area contributed by atoms with E-state index in [0.29, 0.717) is 10.7 Å². The first kappa shape index (κ1) is 20.1. The maximum atomic E-state index is 12.8. The molecule has 0 radical (unpaired) electrons. The maximum Gasteiger partial charge on any atom is 0.241 e. The van der Waals surface area contributed by atoms with Crippen molar-refractivity contribution >= 4 is 21.7 Å². The van der Waals surface area contributed by atoms with Crippen molar-refractivity contribution < 1.29 is 13.2 Å². The van der Waals surface area contributed by atoms with Gasteiger partial charge in [0.25, 0.3) is 0 Å². The molecule has 0 aliphatic rings. The highest BCUT2D eigenvalue weighted by molar-refractivity contribution is 7.89. The lowest BCUT2D eigenvalue weighted by molar-refractivity contribution is -0.116. The Morgan fingerprint density at radius 2 is 1.58 bits per heavy atom. The van der Waals surface area contributed by atoms with E-state index in [0.717, 1.165) is 27.8 Å². The predicted octanol–water partition coefficient (Wildman–Crippen LogP) is 2.27. The normalized spacial score (nSPS) is 11.6. The SMILES string of the molecule is Cc1c(C)c(C)c(S(=O)(=O)NCCC(=O)Nc2ccn(C)n2)c(C)c1C. The van der Waals surface area contributed by atoms with Crippen molar-refractivity contribution in [2.45, 2.75) is 45.9 Å². The Balaban J connectivity index is 2.09. The lowest BCUT2D eigenvalue weighted by Gasteiger charge is -2.19. The van der Waals surface area contributed by atoms with Gasteiger partial charge in [0.15, 0.2) is 5.82 Å². The van der Waals surface area contributed by atoms with Gasteiger partial charge in [0.2, 0.25) is 15.9 Å². The van der Waals surface area contributed by atoms with Gasteiger partial charge >= 0.3 is 0 Å². The van der Waals surface area contributed by atoms with Crippen LogP contribution in [0, 0.1) is 34.6 Å². The van der Waals surface area contributed by atoms with Crippen LogP contribution in [0.3, 0.4) is 0 Å². The van der Waals surface area contributed by atoms with Crippen LogP contribution in [0.4, 0.5) is 5.82 Å². The molecule has 7 nitrogen and oxygen atoms in total. The number of sulfonamides is 1. The number of aryl methyl sites for hydroxylation is 1. The average Bonchev–Trinajstić information content (AvgIpc) is 2.95. The fourth-order valence-corrected chi connectivity index (χ4v) is 4.55. The van der Waals surface area contributed by atoms with E-state index in [-0.39, 0.29) is 18.9 Å². The van der Waals surface area contributed by atoms with Crippen LogP contribution in [0.5, 0.6) is 0 Å². The highest BCUT2D eigenvalue weighted by atomic mass is 32.2. The Bertz CT molecular complexity index is 917. The van der Waals surface area contributed by atoms with Gasteiger partial charge in [0.1, 0.15) is 0 Å². The number of hydrogen-bond donors (Lipinski definition) is 2. The number of nitrogens with one attached hydrogen (secondary N) is 2. The average molecular weight is 378 g/mol. The van der Waals surface area contributed by atoms with Gasteiger partial charge in [-0.2, -0.15) is 5.10 Å². The van der Waals surface area contributed by atoms with Gasteiger partial charge in [0, 0.05) is 32.3 Å². The summed E-state index contributed by atoms with van der Waals surface area (Å²) in [5.74, 6) is 0.146. The minimum Gasteiger partial charge on any atom is -0.309 e. The van der Waals surface area contributed by atoms with Gasteiger partial charge in [-0.25, -0.2) is 13.1 Å². The first-order chi connectivity index (χ1) is 12.0. The van der Waals surface area contributed by atoms with Crippen molar-refractivity contribution in [3.8, 4) is 0 Å². The first-order valence-corrected chi connectivity index (χ1v) is 9.89.